The van der Waals surface area contributed by atoms with Crippen LogP contribution in [0.4, 0.5) is 17.6 Å². The Hall–Kier alpha value is -2.12. The number of rotatable bonds is 3. The van der Waals surface area contributed by atoms with E-state index in [-0.39, 0.29) is 0 Å². The molecule has 7 nitrogen and oxygen atoms in total. The number of anilines is 3. The summed E-state index contributed by atoms with van der Waals surface area (Å²) in [6, 6.07) is 5.93. The van der Waals surface area contributed by atoms with Gasteiger partial charge in [-0.25, -0.2) is 15.8 Å². The summed E-state index contributed by atoms with van der Waals surface area (Å²) in [6.07, 6.45) is 3.37. The quantitative estimate of drug-likeness (QED) is 0.650. The van der Waals surface area contributed by atoms with E-state index in [1.807, 2.05) is 24.4 Å². The van der Waals surface area contributed by atoms with E-state index in [4.69, 9.17) is 17.4 Å². The number of hydrogen-bond acceptors (Lipinski definition) is 7. The molecule has 0 radical (unpaired) electrons. The Labute approximate surface area is 127 Å². The van der Waals surface area contributed by atoms with Gasteiger partial charge in [0.2, 0.25) is 5.95 Å². The zero-order valence-corrected chi connectivity index (χ0v) is 12.2. The monoisotopic (exact) mass is 305 g/mol. The van der Waals surface area contributed by atoms with Crippen LogP contribution < -0.4 is 21.1 Å². The van der Waals surface area contributed by atoms with Gasteiger partial charge in [-0.15, -0.1) is 0 Å². The molecule has 8 heteroatoms. The van der Waals surface area contributed by atoms with E-state index in [0.717, 1.165) is 32.0 Å². The van der Waals surface area contributed by atoms with E-state index in [9.17, 15) is 0 Å². The second-order valence-corrected chi connectivity index (χ2v) is 5.08. The van der Waals surface area contributed by atoms with Gasteiger partial charge in [0.15, 0.2) is 5.82 Å². The molecule has 2 aromatic heterocycles. The number of pyridine rings is 1. The Morgan fingerprint density at radius 3 is 2.52 bits per heavy atom. The van der Waals surface area contributed by atoms with Gasteiger partial charge in [0.25, 0.3) is 0 Å². The molecule has 1 aliphatic rings. The third-order valence-electron chi connectivity index (χ3n) is 3.41. The first-order valence-electron chi connectivity index (χ1n) is 6.68. The molecule has 0 unspecified atom stereocenters. The molecular weight excluding hydrogens is 290 g/mol. The fraction of sp³-hybridized carbons (Fsp3) is 0.308. The minimum absolute atomic E-state index is 0.363. The summed E-state index contributed by atoms with van der Waals surface area (Å²) >= 11 is 6.18. The van der Waals surface area contributed by atoms with Crippen molar-refractivity contribution >= 4 is 29.2 Å². The van der Waals surface area contributed by atoms with Crippen LogP contribution >= 0.6 is 11.6 Å². The van der Waals surface area contributed by atoms with E-state index in [0.29, 0.717) is 16.8 Å². The molecule has 0 amide bonds. The number of piperazine rings is 1. The van der Waals surface area contributed by atoms with Crippen molar-refractivity contribution in [3.63, 3.8) is 0 Å². The molecule has 0 saturated carbocycles. The molecule has 3 heterocycles. The van der Waals surface area contributed by atoms with Crippen LogP contribution in [0.25, 0.3) is 0 Å². The topological polar surface area (TPSA) is 83.2 Å². The first-order valence-corrected chi connectivity index (χ1v) is 7.06. The van der Waals surface area contributed by atoms with E-state index < -0.39 is 0 Å². The summed E-state index contributed by atoms with van der Waals surface area (Å²) in [5.41, 5.74) is 2.44. The highest BCUT2D eigenvalue weighted by Gasteiger charge is 2.21. The van der Waals surface area contributed by atoms with E-state index in [1.54, 1.807) is 6.20 Å². The number of nitrogen functional groups attached to an aromatic ring is 1. The second kappa shape index (κ2) is 6.11. The lowest BCUT2D eigenvalue weighted by atomic mass is 10.3. The standard InChI is InChI=1S/C13H16ClN7/c14-10-9-17-13(19-15)18-12(10)21-7-5-20(6-8-21)11-3-1-2-4-16-11/h1-4,9H,5-8,15H2,(H,17,18,19). The molecule has 1 saturated heterocycles. The number of aromatic nitrogens is 3. The molecule has 0 aliphatic carbocycles. The summed E-state index contributed by atoms with van der Waals surface area (Å²) in [5.74, 6) is 7.41. The summed E-state index contributed by atoms with van der Waals surface area (Å²) in [7, 11) is 0. The Morgan fingerprint density at radius 2 is 1.86 bits per heavy atom. The van der Waals surface area contributed by atoms with Crippen LogP contribution in [0.5, 0.6) is 0 Å². The second-order valence-electron chi connectivity index (χ2n) is 4.67. The van der Waals surface area contributed by atoms with E-state index in [2.05, 4.69) is 30.2 Å². The molecule has 2 aromatic rings. The third kappa shape index (κ3) is 2.98. The molecule has 0 aromatic carbocycles. The van der Waals surface area contributed by atoms with Crippen LogP contribution in [-0.2, 0) is 0 Å². The number of nitrogens with two attached hydrogens (primary N) is 1. The van der Waals surface area contributed by atoms with Gasteiger partial charge in [0.05, 0.1) is 6.20 Å². The highest BCUT2D eigenvalue weighted by atomic mass is 35.5. The zero-order valence-electron chi connectivity index (χ0n) is 11.4. The van der Waals surface area contributed by atoms with Gasteiger partial charge in [-0.3, -0.25) is 5.43 Å². The number of nitrogens with zero attached hydrogens (tertiary/aromatic N) is 5. The number of halogens is 1. The smallest absolute Gasteiger partial charge is 0.239 e. The van der Waals surface area contributed by atoms with Crippen LogP contribution in [0, 0.1) is 0 Å². The predicted molar refractivity (Wildman–Crippen MR) is 83.5 cm³/mol. The fourth-order valence-corrected chi connectivity index (χ4v) is 2.55. The van der Waals surface area contributed by atoms with Crippen molar-refractivity contribution in [2.75, 3.05) is 41.4 Å². The first kappa shape index (κ1) is 13.8. The zero-order chi connectivity index (χ0) is 14.7. The normalized spacial score (nSPS) is 15.1. The summed E-state index contributed by atoms with van der Waals surface area (Å²) in [6.45, 7) is 3.36. The lowest BCUT2D eigenvalue weighted by molar-refractivity contribution is 0.641. The molecule has 1 fully saturated rings. The summed E-state index contributed by atoms with van der Waals surface area (Å²) < 4.78 is 0. The number of hydrazine groups is 1. The highest BCUT2D eigenvalue weighted by molar-refractivity contribution is 6.32. The van der Waals surface area contributed by atoms with Gasteiger partial charge in [-0.1, -0.05) is 17.7 Å². The maximum atomic E-state index is 6.18. The van der Waals surface area contributed by atoms with Gasteiger partial charge in [-0.2, -0.15) is 4.98 Å². The lowest BCUT2D eigenvalue weighted by Crippen LogP contribution is -2.47. The van der Waals surface area contributed by atoms with E-state index in [1.165, 1.54) is 0 Å². The largest absolute Gasteiger partial charge is 0.353 e. The Balaban J connectivity index is 1.71. The van der Waals surface area contributed by atoms with E-state index >= 15 is 0 Å². The number of nitrogens with one attached hydrogen (secondary N) is 1. The van der Waals surface area contributed by atoms with Crippen LogP contribution in [0.1, 0.15) is 0 Å². The van der Waals surface area contributed by atoms with Crippen LogP contribution in [-0.4, -0.2) is 41.1 Å². The van der Waals surface area contributed by atoms with Crippen molar-refractivity contribution in [2.24, 2.45) is 5.84 Å². The predicted octanol–water partition coefficient (Wildman–Crippen LogP) is 1.14. The molecule has 1 aliphatic heterocycles. The lowest BCUT2D eigenvalue weighted by Gasteiger charge is -2.36. The third-order valence-corrected chi connectivity index (χ3v) is 3.67. The van der Waals surface area contributed by atoms with Crippen molar-refractivity contribution in [1.29, 1.82) is 0 Å². The highest BCUT2D eigenvalue weighted by Crippen LogP contribution is 2.25. The summed E-state index contributed by atoms with van der Waals surface area (Å²) in [4.78, 5) is 17.1. The van der Waals surface area contributed by atoms with Gasteiger partial charge in [0, 0.05) is 32.4 Å². The first-order chi connectivity index (χ1) is 10.3. The molecule has 3 rings (SSSR count). The maximum absolute atomic E-state index is 6.18. The van der Waals surface area contributed by atoms with Crippen LogP contribution in [0.3, 0.4) is 0 Å². The molecule has 0 spiro atoms. The Morgan fingerprint density at radius 1 is 1.10 bits per heavy atom. The van der Waals surface area contributed by atoms with Crippen LogP contribution in [0.2, 0.25) is 5.02 Å². The van der Waals surface area contributed by atoms with Crippen molar-refractivity contribution in [1.82, 2.24) is 15.0 Å². The molecule has 110 valence electrons. The van der Waals surface area contributed by atoms with Crippen molar-refractivity contribution < 1.29 is 0 Å². The van der Waals surface area contributed by atoms with Crippen molar-refractivity contribution in [3.8, 4) is 0 Å². The average molecular weight is 306 g/mol. The van der Waals surface area contributed by atoms with Crippen molar-refractivity contribution in [3.05, 3.63) is 35.6 Å². The molecule has 3 N–H and O–H groups in total. The minimum Gasteiger partial charge on any atom is -0.353 e. The Kier molecular flexibility index (Phi) is 4.03. The number of hydrogen-bond donors (Lipinski definition) is 2. The molecule has 0 bridgehead atoms. The van der Waals surface area contributed by atoms with Crippen molar-refractivity contribution in [2.45, 2.75) is 0 Å². The van der Waals surface area contributed by atoms with Gasteiger partial charge >= 0.3 is 0 Å². The van der Waals surface area contributed by atoms with Crippen LogP contribution in [0.15, 0.2) is 30.6 Å². The van der Waals surface area contributed by atoms with Gasteiger partial charge in [0.1, 0.15) is 10.8 Å². The molecular formula is C13H16ClN7. The maximum Gasteiger partial charge on any atom is 0.239 e. The average Bonchev–Trinajstić information content (AvgIpc) is 2.56. The minimum atomic E-state index is 0.363. The molecule has 21 heavy (non-hydrogen) atoms. The summed E-state index contributed by atoms with van der Waals surface area (Å²) in [5, 5.41) is 0.528. The fourth-order valence-electron chi connectivity index (χ4n) is 2.34. The van der Waals surface area contributed by atoms with Gasteiger partial charge < -0.3 is 9.80 Å². The van der Waals surface area contributed by atoms with Gasteiger partial charge in [-0.05, 0) is 12.1 Å². The SMILES string of the molecule is NNc1ncc(Cl)c(N2CCN(c3ccccn3)CC2)n1. The Bertz CT molecular complexity index is 599. The molecule has 0 atom stereocenters.